The number of hydrogen-bond acceptors (Lipinski definition) is 2. The monoisotopic (exact) mass is 223 g/mol. The number of hydrogen-bond donors (Lipinski definition) is 1. The van der Waals surface area contributed by atoms with Crippen LogP contribution in [0.15, 0.2) is 17.5 Å². The molecular weight excluding hydrogens is 202 g/mol. The van der Waals surface area contributed by atoms with E-state index in [1.165, 1.54) is 43.4 Å². The van der Waals surface area contributed by atoms with Gasteiger partial charge in [-0.2, -0.15) is 0 Å². The van der Waals surface area contributed by atoms with Crippen molar-refractivity contribution >= 4 is 11.3 Å². The largest absolute Gasteiger partial charge is 0.330 e. The molecule has 0 radical (unpaired) electrons. The van der Waals surface area contributed by atoms with Crippen molar-refractivity contribution < 1.29 is 0 Å². The summed E-state index contributed by atoms with van der Waals surface area (Å²) in [5.41, 5.74) is 5.85. The fourth-order valence-electron chi connectivity index (χ4n) is 2.76. The van der Waals surface area contributed by atoms with Gasteiger partial charge >= 0.3 is 0 Å². The Kier molecular flexibility index (Phi) is 4.21. The van der Waals surface area contributed by atoms with Crippen LogP contribution in [0, 0.1) is 11.8 Å². The number of aryl methyl sites for hydroxylation is 1. The second-order valence-corrected chi connectivity index (χ2v) is 5.69. The van der Waals surface area contributed by atoms with E-state index in [0.29, 0.717) is 0 Å². The maximum absolute atomic E-state index is 5.85. The van der Waals surface area contributed by atoms with E-state index in [2.05, 4.69) is 17.5 Å². The summed E-state index contributed by atoms with van der Waals surface area (Å²) < 4.78 is 0. The van der Waals surface area contributed by atoms with Crippen LogP contribution >= 0.6 is 11.3 Å². The summed E-state index contributed by atoms with van der Waals surface area (Å²) in [5.74, 6) is 1.70. The van der Waals surface area contributed by atoms with Gasteiger partial charge in [-0.1, -0.05) is 25.3 Å². The van der Waals surface area contributed by atoms with Gasteiger partial charge in [0.2, 0.25) is 0 Å². The summed E-state index contributed by atoms with van der Waals surface area (Å²) in [6.45, 7) is 0.898. The zero-order valence-electron chi connectivity index (χ0n) is 9.32. The van der Waals surface area contributed by atoms with Crippen LogP contribution in [0.4, 0.5) is 0 Å². The van der Waals surface area contributed by atoms with Crippen molar-refractivity contribution in [3.8, 4) is 0 Å². The van der Waals surface area contributed by atoms with Gasteiger partial charge in [0.15, 0.2) is 0 Å². The Labute approximate surface area is 96.7 Å². The zero-order valence-corrected chi connectivity index (χ0v) is 10.1. The lowest BCUT2D eigenvalue weighted by atomic mass is 9.77. The van der Waals surface area contributed by atoms with Gasteiger partial charge in [-0.05, 0) is 49.1 Å². The molecule has 1 nitrogen and oxygen atoms in total. The zero-order chi connectivity index (χ0) is 10.5. The molecule has 1 aromatic rings. The first kappa shape index (κ1) is 11.2. The molecule has 2 N–H and O–H groups in total. The Morgan fingerprint density at radius 2 is 2.07 bits per heavy atom. The lowest BCUT2D eigenvalue weighted by Crippen LogP contribution is -2.27. The Hall–Kier alpha value is -0.340. The topological polar surface area (TPSA) is 26.0 Å². The Morgan fingerprint density at radius 3 is 2.73 bits per heavy atom. The molecule has 1 aliphatic carbocycles. The predicted octanol–water partition coefficient (Wildman–Crippen LogP) is 3.45. The van der Waals surface area contributed by atoms with Crippen molar-refractivity contribution in [2.75, 3.05) is 6.54 Å². The average Bonchev–Trinajstić information content (AvgIpc) is 2.79. The minimum absolute atomic E-state index is 0.804. The molecule has 2 atom stereocenters. The van der Waals surface area contributed by atoms with E-state index in [9.17, 15) is 0 Å². The van der Waals surface area contributed by atoms with E-state index in [0.717, 1.165) is 18.4 Å². The molecule has 84 valence electrons. The minimum Gasteiger partial charge on any atom is -0.330 e. The van der Waals surface area contributed by atoms with Crippen LogP contribution in [0.2, 0.25) is 0 Å². The molecule has 1 aliphatic rings. The first-order valence-corrected chi connectivity index (χ1v) is 7.00. The van der Waals surface area contributed by atoms with Crippen LogP contribution in [-0.2, 0) is 6.42 Å². The highest BCUT2D eigenvalue weighted by atomic mass is 32.1. The Bertz CT molecular complexity index is 268. The van der Waals surface area contributed by atoms with Crippen LogP contribution in [0.1, 0.15) is 37.0 Å². The van der Waals surface area contributed by atoms with Crippen LogP contribution in [0.25, 0.3) is 0 Å². The van der Waals surface area contributed by atoms with E-state index < -0.39 is 0 Å². The van der Waals surface area contributed by atoms with Gasteiger partial charge in [0, 0.05) is 4.88 Å². The SMILES string of the molecule is NCC1CCCCC1CCc1cccs1. The molecule has 0 amide bonds. The molecule has 0 saturated heterocycles. The molecule has 1 heterocycles. The minimum atomic E-state index is 0.804. The van der Waals surface area contributed by atoms with Crippen molar-refractivity contribution in [2.24, 2.45) is 17.6 Å². The molecule has 0 spiro atoms. The van der Waals surface area contributed by atoms with E-state index in [1.807, 2.05) is 11.3 Å². The fraction of sp³-hybridized carbons (Fsp3) is 0.692. The first-order valence-electron chi connectivity index (χ1n) is 6.12. The maximum Gasteiger partial charge on any atom is 0.00453 e. The summed E-state index contributed by atoms with van der Waals surface area (Å²) in [4.78, 5) is 1.54. The van der Waals surface area contributed by atoms with Crippen LogP contribution < -0.4 is 5.73 Å². The second-order valence-electron chi connectivity index (χ2n) is 4.66. The van der Waals surface area contributed by atoms with E-state index in [4.69, 9.17) is 5.73 Å². The molecular formula is C13H21NS. The third-order valence-electron chi connectivity index (χ3n) is 3.71. The van der Waals surface area contributed by atoms with Crippen LogP contribution in [-0.4, -0.2) is 6.54 Å². The molecule has 0 aliphatic heterocycles. The van der Waals surface area contributed by atoms with Crippen molar-refractivity contribution in [1.82, 2.24) is 0 Å². The summed E-state index contributed by atoms with van der Waals surface area (Å²) in [6, 6.07) is 4.41. The van der Waals surface area contributed by atoms with Crippen molar-refractivity contribution in [2.45, 2.75) is 38.5 Å². The van der Waals surface area contributed by atoms with Gasteiger partial charge in [-0.25, -0.2) is 0 Å². The lowest BCUT2D eigenvalue weighted by molar-refractivity contribution is 0.230. The van der Waals surface area contributed by atoms with E-state index >= 15 is 0 Å². The maximum atomic E-state index is 5.85. The van der Waals surface area contributed by atoms with Crippen LogP contribution in [0.5, 0.6) is 0 Å². The lowest BCUT2D eigenvalue weighted by Gasteiger charge is -2.30. The van der Waals surface area contributed by atoms with Gasteiger partial charge in [-0.15, -0.1) is 11.3 Å². The third-order valence-corrected chi connectivity index (χ3v) is 4.65. The summed E-state index contributed by atoms with van der Waals surface area (Å²) in [7, 11) is 0. The highest BCUT2D eigenvalue weighted by molar-refractivity contribution is 7.09. The first-order chi connectivity index (χ1) is 7.40. The normalized spacial score (nSPS) is 26.7. The molecule has 2 rings (SSSR count). The molecule has 0 aromatic carbocycles. The summed E-state index contributed by atoms with van der Waals surface area (Å²) in [6.07, 6.45) is 8.21. The number of thiophene rings is 1. The third kappa shape index (κ3) is 3.05. The Morgan fingerprint density at radius 1 is 1.27 bits per heavy atom. The van der Waals surface area contributed by atoms with Gasteiger partial charge < -0.3 is 5.73 Å². The number of nitrogens with two attached hydrogens (primary N) is 1. The van der Waals surface area contributed by atoms with E-state index in [-0.39, 0.29) is 0 Å². The van der Waals surface area contributed by atoms with E-state index in [1.54, 1.807) is 0 Å². The van der Waals surface area contributed by atoms with Crippen LogP contribution in [0.3, 0.4) is 0 Å². The number of rotatable bonds is 4. The quantitative estimate of drug-likeness (QED) is 0.831. The second kappa shape index (κ2) is 5.66. The van der Waals surface area contributed by atoms with Crippen molar-refractivity contribution in [3.63, 3.8) is 0 Å². The predicted molar refractivity (Wildman–Crippen MR) is 67.1 cm³/mol. The average molecular weight is 223 g/mol. The smallest absolute Gasteiger partial charge is 0.00453 e. The molecule has 2 unspecified atom stereocenters. The molecule has 1 saturated carbocycles. The van der Waals surface area contributed by atoms with Gasteiger partial charge in [0.1, 0.15) is 0 Å². The molecule has 2 heteroatoms. The summed E-state index contributed by atoms with van der Waals surface area (Å²) in [5, 5.41) is 2.18. The van der Waals surface area contributed by atoms with Gasteiger partial charge in [0.25, 0.3) is 0 Å². The fourth-order valence-corrected chi connectivity index (χ4v) is 3.48. The molecule has 15 heavy (non-hydrogen) atoms. The highest BCUT2D eigenvalue weighted by Gasteiger charge is 2.23. The van der Waals surface area contributed by atoms with Crippen molar-refractivity contribution in [1.29, 1.82) is 0 Å². The Balaban J connectivity index is 1.81. The standard InChI is InChI=1S/C13H21NS/c14-10-12-5-2-1-4-11(12)7-8-13-6-3-9-15-13/h3,6,9,11-12H,1-2,4-5,7-8,10,14H2. The van der Waals surface area contributed by atoms with Gasteiger partial charge in [-0.3, -0.25) is 0 Å². The highest BCUT2D eigenvalue weighted by Crippen LogP contribution is 2.32. The molecule has 1 aromatic heterocycles. The van der Waals surface area contributed by atoms with Gasteiger partial charge in [0.05, 0.1) is 0 Å². The van der Waals surface area contributed by atoms with Crippen molar-refractivity contribution in [3.05, 3.63) is 22.4 Å². The molecule has 1 fully saturated rings. The molecule has 0 bridgehead atoms. The summed E-state index contributed by atoms with van der Waals surface area (Å²) >= 11 is 1.89.